The van der Waals surface area contributed by atoms with E-state index in [1.54, 1.807) is 0 Å². The van der Waals surface area contributed by atoms with Gasteiger partial charge in [0.1, 0.15) is 0 Å². The van der Waals surface area contributed by atoms with Gasteiger partial charge in [-0.15, -0.1) is 0 Å². The lowest BCUT2D eigenvalue weighted by Gasteiger charge is -2.17. The molecule has 0 aliphatic heterocycles. The maximum absolute atomic E-state index is 5.79. The second-order valence-corrected chi connectivity index (χ2v) is 5.36. The third-order valence-corrected chi connectivity index (χ3v) is 3.88. The topological polar surface area (TPSA) is 60.2 Å². The van der Waals surface area contributed by atoms with Crippen molar-refractivity contribution >= 4 is 22.4 Å². The number of ether oxygens (including phenoxy) is 1. The molecule has 1 aliphatic carbocycles. The molecular formula is C12H21N3OS. The van der Waals surface area contributed by atoms with Crippen LogP contribution < -0.4 is 15.8 Å². The second kappa shape index (κ2) is 5.58. The molecule has 1 aliphatic rings. The highest BCUT2D eigenvalue weighted by molar-refractivity contribution is 7.11. The minimum absolute atomic E-state index is 0.501. The van der Waals surface area contributed by atoms with Gasteiger partial charge in [0.15, 0.2) is 16.6 Å². The number of nitrogens with one attached hydrogen (secondary N) is 1. The minimum atomic E-state index is 0.501. The van der Waals surface area contributed by atoms with Crippen LogP contribution in [0, 0.1) is 5.92 Å². The van der Waals surface area contributed by atoms with Crippen LogP contribution in [-0.4, -0.2) is 17.0 Å². The van der Waals surface area contributed by atoms with Crippen LogP contribution in [0.1, 0.15) is 39.5 Å². The molecule has 0 aromatic carbocycles. The molecule has 1 atom stereocenters. The van der Waals surface area contributed by atoms with Crippen molar-refractivity contribution in [3.8, 4) is 5.75 Å². The van der Waals surface area contributed by atoms with E-state index in [1.165, 1.54) is 30.8 Å². The van der Waals surface area contributed by atoms with Gasteiger partial charge in [0.2, 0.25) is 0 Å². The van der Waals surface area contributed by atoms with Gasteiger partial charge in [0, 0.05) is 6.04 Å². The molecule has 96 valence electrons. The molecule has 0 saturated heterocycles. The van der Waals surface area contributed by atoms with Crippen LogP contribution in [0.2, 0.25) is 0 Å². The highest BCUT2D eigenvalue weighted by atomic mass is 32.1. The molecule has 3 N–H and O–H groups in total. The molecule has 2 rings (SSSR count). The van der Waals surface area contributed by atoms with Gasteiger partial charge in [-0.05, 0) is 37.2 Å². The summed E-state index contributed by atoms with van der Waals surface area (Å²) in [5, 5.41) is 4.51. The average molecular weight is 255 g/mol. The van der Waals surface area contributed by atoms with Crippen LogP contribution in [0.5, 0.6) is 5.75 Å². The Morgan fingerprint density at radius 1 is 1.53 bits per heavy atom. The molecular weight excluding hydrogens is 234 g/mol. The van der Waals surface area contributed by atoms with Crippen LogP contribution in [0.25, 0.3) is 0 Å². The van der Waals surface area contributed by atoms with Crippen molar-refractivity contribution in [2.75, 3.05) is 17.7 Å². The molecule has 0 amide bonds. The van der Waals surface area contributed by atoms with E-state index in [2.05, 4.69) is 16.6 Å². The van der Waals surface area contributed by atoms with Crippen LogP contribution in [-0.2, 0) is 0 Å². The number of rotatable bonds is 7. The third kappa shape index (κ3) is 3.25. The molecule has 1 saturated carbocycles. The molecule has 1 aromatic rings. The van der Waals surface area contributed by atoms with E-state index in [0.717, 1.165) is 23.1 Å². The van der Waals surface area contributed by atoms with Crippen molar-refractivity contribution in [3.63, 3.8) is 0 Å². The van der Waals surface area contributed by atoms with Gasteiger partial charge in [-0.2, -0.15) is 4.37 Å². The van der Waals surface area contributed by atoms with E-state index in [1.807, 2.05) is 6.92 Å². The van der Waals surface area contributed by atoms with Gasteiger partial charge in [0.25, 0.3) is 0 Å². The zero-order chi connectivity index (χ0) is 12.3. The van der Waals surface area contributed by atoms with Crippen LogP contribution in [0.4, 0.5) is 10.8 Å². The molecule has 1 fully saturated rings. The number of hydrogen-bond acceptors (Lipinski definition) is 5. The summed E-state index contributed by atoms with van der Waals surface area (Å²) in [6, 6.07) is 0.515. The molecule has 0 bridgehead atoms. The van der Waals surface area contributed by atoms with E-state index in [9.17, 15) is 0 Å². The number of aromatic nitrogens is 1. The van der Waals surface area contributed by atoms with E-state index >= 15 is 0 Å². The summed E-state index contributed by atoms with van der Waals surface area (Å²) < 4.78 is 9.68. The van der Waals surface area contributed by atoms with Gasteiger partial charge >= 0.3 is 0 Å². The van der Waals surface area contributed by atoms with Gasteiger partial charge in [-0.25, -0.2) is 0 Å². The number of nitrogens with zero attached hydrogens (tertiary/aromatic N) is 1. The predicted molar refractivity (Wildman–Crippen MR) is 72.7 cm³/mol. The molecule has 5 heteroatoms. The van der Waals surface area contributed by atoms with Crippen molar-refractivity contribution in [3.05, 3.63) is 0 Å². The van der Waals surface area contributed by atoms with Crippen molar-refractivity contribution in [2.24, 2.45) is 5.92 Å². The monoisotopic (exact) mass is 255 g/mol. The van der Waals surface area contributed by atoms with Crippen molar-refractivity contribution in [1.29, 1.82) is 0 Å². The summed E-state index contributed by atoms with van der Waals surface area (Å²) >= 11 is 1.40. The number of nitrogen functional groups attached to an aromatic ring is 1. The highest BCUT2D eigenvalue weighted by Crippen LogP contribution is 2.39. The molecule has 0 spiro atoms. The predicted octanol–water partition coefficient (Wildman–Crippen LogP) is 3.11. The van der Waals surface area contributed by atoms with Gasteiger partial charge in [-0.3, -0.25) is 0 Å². The quantitative estimate of drug-likeness (QED) is 0.786. The van der Waals surface area contributed by atoms with Crippen molar-refractivity contribution in [2.45, 2.75) is 45.6 Å². The van der Waals surface area contributed by atoms with Gasteiger partial charge in [-0.1, -0.05) is 19.8 Å². The Balaban J connectivity index is 1.99. The Morgan fingerprint density at radius 2 is 2.29 bits per heavy atom. The smallest absolute Gasteiger partial charge is 0.197 e. The SMILES string of the molecule is CCOc1c(N)nsc1NC(CC)CC1CC1. The zero-order valence-corrected chi connectivity index (χ0v) is 11.3. The van der Waals surface area contributed by atoms with Crippen LogP contribution in [0.3, 0.4) is 0 Å². The van der Waals surface area contributed by atoms with E-state index in [4.69, 9.17) is 10.5 Å². The van der Waals surface area contributed by atoms with Gasteiger partial charge in [0.05, 0.1) is 6.61 Å². The summed E-state index contributed by atoms with van der Waals surface area (Å²) in [4.78, 5) is 0. The lowest BCUT2D eigenvalue weighted by molar-refractivity contribution is 0.343. The molecule has 0 radical (unpaired) electrons. The minimum Gasteiger partial charge on any atom is -0.487 e. The summed E-state index contributed by atoms with van der Waals surface area (Å²) in [7, 11) is 0. The second-order valence-electron chi connectivity index (χ2n) is 4.59. The van der Waals surface area contributed by atoms with E-state index < -0.39 is 0 Å². The Hall–Kier alpha value is -0.970. The Bertz CT molecular complexity index is 363. The normalized spacial score (nSPS) is 16.8. The fourth-order valence-corrected chi connectivity index (χ4v) is 2.68. The number of anilines is 2. The number of hydrogen-bond donors (Lipinski definition) is 2. The first kappa shape index (κ1) is 12.5. The maximum Gasteiger partial charge on any atom is 0.197 e. The maximum atomic E-state index is 5.79. The first-order valence-electron chi connectivity index (χ1n) is 6.39. The first-order valence-corrected chi connectivity index (χ1v) is 7.16. The fourth-order valence-electron chi connectivity index (χ4n) is 1.94. The van der Waals surface area contributed by atoms with E-state index in [0.29, 0.717) is 18.5 Å². The average Bonchev–Trinajstić information content (AvgIpc) is 3.08. The summed E-state index contributed by atoms with van der Waals surface area (Å²) in [5.41, 5.74) is 5.79. The summed E-state index contributed by atoms with van der Waals surface area (Å²) in [6.45, 7) is 4.80. The van der Waals surface area contributed by atoms with E-state index in [-0.39, 0.29) is 0 Å². The zero-order valence-electron chi connectivity index (χ0n) is 10.5. The lowest BCUT2D eigenvalue weighted by atomic mass is 10.1. The highest BCUT2D eigenvalue weighted by Gasteiger charge is 2.25. The largest absolute Gasteiger partial charge is 0.487 e. The molecule has 17 heavy (non-hydrogen) atoms. The summed E-state index contributed by atoms with van der Waals surface area (Å²) in [6.07, 6.45) is 5.16. The van der Waals surface area contributed by atoms with Gasteiger partial charge < -0.3 is 15.8 Å². The molecule has 1 unspecified atom stereocenters. The lowest BCUT2D eigenvalue weighted by Crippen LogP contribution is -2.18. The van der Waals surface area contributed by atoms with Crippen molar-refractivity contribution in [1.82, 2.24) is 4.37 Å². The Kier molecular flexibility index (Phi) is 4.10. The van der Waals surface area contributed by atoms with Crippen molar-refractivity contribution < 1.29 is 4.74 Å². The molecule has 1 heterocycles. The Morgan fingerprint density at radius 3 is 2.88 bits per heavy atom. The van der Waals surface area contributed by atoms with Crippen LogP contribution >= 0.6 is 11.5 Å². The number of nitrogens with two attached hydrogens (primary N) is 1. The standard InChI is InChI=1S/C12H21N3OS/c1-3-9(7-8-5-6-8)14-12-10(16-4-2)11(13)15-17-12/h8-9,14H,3-7H2,1-2H3,(H2,13,15). The third-order valence-electron chi connectivity index (χ3n) is 3.11. The van der Waals surface area contributed by atoms with Crippen LogP contribution in [0.15, 0.2) is 0 Å². The summed E-state index contributed by atoms with van der Waals surface area (Å²) in [5.74, 6) is 2.15. The Labute approximate surface area is 107 Å². The molecule has 4 nitrogen and oxygen atoms in total. The fraction of sp³-hybridized carbons (Fsp3) is 0.750. The first-order chi connectivity index (χ1) is 8.24. The molecule has 1 aromatic heterocycles.